The number of nitrogens with one attached hydrogen (secondary N) is 1. The van der Waals surface area contributed by atoms with Crippen LogP contribution in [0.3, 0.4) is 0 Å². The fourth-order valence-electron chi connectivity index (χ4n) is 1.53. The maximum atomic E-state index is 11.9. The third-order valence-electron chi connectivity index (χ3n) is 2.76. The monoisotopic (exact) mass is 265 g/mol. The van der Waals surface area contributed by atoms with Gasteiger partial charge in [0.1, 0.15) is 11.7 Å². The SMILES string of the molecule is CCN(C)C(=O)C(C)Nc1ccnc(C(=O)OC)c1. The van der Waals surface area contributed by atoms with Crippen LogP contribution in [0.2, 0.25) is 0 Å². The second-order valence-electron chi connectivity index (χ2n) is 4.14. The lowest BCUT2D eigenvalue weighted by Crippen LogP contribution is -2.38. The quantitative estimate of drug-likeness (QED) is 0.808. The molecule has 6 nitrogen and oxygen atoms in total. The molecule has 0 aliphatic heterocycles. The summed E-state index contributed by atoms with van der Waals surface area (Å²) in [5.74, 6) is -0.521. The number of hydrogen-bond acceptors (Lipinski definition) is 5. The van der Waals surface area contributed by atoms with E-state index < -0.39 is 5.97 Å². The molecule has 1 atom stereocenters. The molecule has 6 heteroatoms. The molecule has 1 heterocycles. The van der Waals surface area contributed by atoms with Gasteiger partial charge in [0.05, 0.1) is 7.11 Å². The average molecular weight is 265 g/mol. The highest BCUT2D eigenvalue weighted by atomic mass is 16.5. The first-order chi connectivity index (χ1) is 8.99. The third kappa shape index (κ3) is 3.94. The summed E-state index contributed by atoms with van der Waals surface area (Å²) in [5, 5.41) is 3.04. The van der Waals surface area contributed by atoms with Crippen molar-refractivity contribution < 1.29 is 14.3 Å². The maximum Gasteiger partial charge on any atom is 0.356 e. The van der Waals surface area contributed by atoms with E-state index in [2.05, 4.69) is 15.0 Å². The van der Waals surface area contributed by atoms with Gasteiger partial charge >= 0.3 is 5.97 Å². The van der Waals surface area contributed by atoms with Crippen molar-refractivity contribution in [3.05, 3.63) is 24.0 Å². The van der Waals surface area contributed by atoms with Crippen LogP contribution in [-0.4, -0.2) is 48.5 Å². The molecule has 1 unspecified atom stereocenters. The van der Waals surface area contributed by atoms with E-state index in [9.17, 15) is 9.59 Å². The number of carbonyl (C=O) groups excluding carboxylic acids is 2. The number of amides is 1. The largest absolute Gasteiger partial charge is 0.464 e. The number of hydrogen-bond donors (Lipinski definition) is 1. The molecule has 0 radical (unpaired) electrons. The second-order valence-corrected chi connectivity index (χ2v) is 4.14. The first-order valence-electron chi connectivity index (χ1n) is 6.05. The van der Waals surface area contributed by atoms with E-state index >= 15 is 0 Å². The summed E-state index contributed by atoms with van der Waals surface area (Å²) in [4.78, 5) is 28.8. The van der Waals surface area contributed by atoms with Crippen LogP contribution in [0, 0.1) is 0 Å². The zero-order chi connectivity index (χ0) is 14.4. The molecule has 0 bridgehead atoms. The van der Waals surface area contributed by atoms with Crippen molar-refractivity contribution in [3.8, 4) is 0 Å². The molecule has 0 aliphatic rings. The highest BCUT2D eigenvalue weighted by Crippen LogP contribution is 2.11. The van der Waals surface area contributed by atoms with Gasteiger partial charge < -0.3 is 15.0 Å². The summed E-state index contributed by atoms with van der Waals surface area (Å²) >= 11 is 0. The van der Waals surface area contributed by atoms with Gasteiger partial charge in [-0.25, -0.2) is 9.78 Å². The molecular weight excluding hydrogens is 246 g/mol. The number of methoxy groups -OCH3 is 1. The Labute approximate surface area is 112 Å². The van der Waals surface area contributed by atoms with Gasteiger partial charge in [0, 0.05) is 25.5 Å². The Morgan fingerprint density at radius 1 is 1.53 bits per heavy atom. The number of esters is 1. The van der Waals surface area contributed by atoms with Crippen molar-refractivity contribution in [1.82, 2.24) is 9.88 Å². The normalized spacial score (nSPS) is 11.6. The zero-order valence-corrected chi connectivity index (χ0v) is 11.6. The van der Waals surface area contributed by atoms with Crippen molar-refractivity contribution in [3.63, 3.8) is 0 Å². The molecule has 1 amide bonds. The van der Waals surface area contributed by atoms with Crippen LogP contribution in [0.5, 0.6) is 0 Å². The van der Waals surface area contributed by atoms with E-state index in [4.69, 9.17) is 0 Å². The highest BCUT2D eigenvalue weighted by Gasteiger charge is 2.16. The Kier molecular flexibility index (Phi) is 5.29. The lowest BCUT2D eigenvalue weighted by molar-refractivity contribution is -0.130. The van der Waals surface area contributed by atoms with E-state index in [1.807, 2.05) is 6.92 Å². The summed E-state index contributed by atoms with van der Waals surface area (Å²) in [6, 6.07) is 2.88. The first kappa shape index (κ1) is 14.9. The molecule has 104 valence electrons. The Balaban J connectivity index is 2.77. The fourth-order valence-corrected chi connectivity index (χ4v) is 1.53. The van der Waals surface area contributed by atoms with E-state index in [0.29, 0.717) is 12.2 Å². The molecule has 0 aromatic carbocycles. The number of aromatic nitrogens is 1. The van der Waals surface area contributed by atoms with Crippen molar-refractivity contribution in [2.75, 3.05) is 26.0 Å². The highest BCUT2D eigenvalue weighted by molar-refractivity contribution is 5.89. The molecule has 19 heavy (non-hydrogen) atoms. The summed E-state index contributed by atoms with van der Waals surface area (Å²) in [6.07, 6.45) is 1.50. The average Bonchev–Trinajstić information content (AvgIpc) is 2.44. The van der Waals surface area contributed by atoms with Gasteiger partial charge in [0.25, 0.3) is 0 Å². The van der Waals surface area contributed by atoms with Crippen LogP contribution in [0.4, 0.5) is 5.69 Å². The maximum absolute atomic E-state index is 11.9. The Morgan fingerprint density at radius 2 is 2.21 bits per heavy atom. The molecule has 0 fully saturated rings. The number of carbonyl (C=O) groups is 2. The Bertz CT molecular complexity index is 462. The van der Waals surface area contributed by atoms with Gasteiger partial charge in [-0.15, -0.1) is 0 Å². The van der Waals surface area contributed by atoms with Gasteiger partial charge in [-0.2, -0.15) is 0 Å². The molecule has 0 saturated carbocycles. The zero-order valence-electron chi connectivity index (χ0n) is 11.6. The summed E-state index contributed by atoms with van der Waals surface area (Å²) in [5.41, 5.74) is 0.858. The number of ether oxygens (including phenoxy) is 1. The van der Waals surface area contributed by atoms with Gasteiger partial charge in [0.15, 0.2) is 0 Å². The third-order valence-corrected chi connectivity index (χ3v) is 2.76. The number of likely N-dealkylation sites (N-methyl/N-ethyl adjacent to an activating group) is 1. The molecule has 1 N–H and O–H groups in total. The predicted octanol–water partition coefficient (Wildman–Crippen LogP) is 1.15. The summed E-state index contributed by atoms with van der Waals surface area (Å²) < 4.78 is 4.59. The lowest BCUT2D eigenvalue weighted by atomic mass is 10.2. The lowest BCUT2D eigenvalue weighted by Gasteiger charge is -2.21. The van der Waals surface area contributed by atoms with E-state index in [1.54, 1.807) is 31.0 Å². The molecule has 1 aromatic rings. The number of nitrogens with zero attached hydrogens (tertiary/aromatic N) is 2. The van der Waals surface area contributed by atoms with Crippen molar-refractivity contribution >= 4 is 17.6 Å². The van der Waals surface area contributed by atoms with E-state index in [1.165, 1.54) is 13.3 Å². The smallest absolute Gasteiger partial charge is 0.356 e. The molecule has 0 saturated heterocycles. The minimum absolute atomic E-state index is 0.0149. The minimum Gasteiger partial charge on any atom is -0.464 e. The molecule has 0 aliphatic carbocycles. The van der Waals surface area contributed by atoms with Gasteiger partial charge in [-0.1, -0.05) is 0 Å². The molecule has 0 spiro atoms. The molecule has 1 aromatic heterocycles. The predicted molar refractivity (Wildman–Crippen MR) is 72.0 cm³/mol. The molecular formula is C13H19N3O3. The number of pyridine rings is 1. The van der Waals surface area contributed by atoms with Crippen molar-refractivity contribution in [2.45, 2.75) is 19.9 Å². The van der Waals surface area contributed by atoms with Crippen LogP contribution in [0.1, 0.15) is 24.3 Å². The fraction of sp³-hybridized carbons (Fsp3) is 0.462. The van der Waals surface area contributed by atoms with Crippen molar-refractivity contribution in [2.24, 2.45) is 0 Å². The van der Waals surface area contributed by atoms with Crippen LogP contribution >= 0.6 is 0 Å². The second kappa shape index (κ2) is 6.72. The Morgan fingerprint density at radius 3 is 2.79 bits per heavy atom. The van der Waals surface area contributed by atoms with Crippen LogP contribution in [-0.2, 0) is 9.53 Å². The number of anilines is 1. The topological polar surface area (TPSA) is 71.5 Å². The van der Waals surface area contributed by atoms with Gasteiger partial charge in [-0.3, -0.25) is 4.79 Å². The van der Waals surface area contributed by atoms with Crippen molar-refractivity contribution in [1.29, 1.82) is 0 Å². The van der Waals surface area contributed by atoms with Gasteiger partial charge in [0.2, 0.25) is 5.91 Å². The standard InChI is InChI=1S/C13H19N3O3/c1-5-16(3)12(17)9(2)15-10-6-7-14-11(8-10)13(18)19-4/h6-9H,5H2,1-4H3,(H,14,15). The van der Waals surface area contributed by atoms with E-state index in [0.717, 1.165) is 0 Å². The van der Waals surface area contributed by atoms with Gasteiger partial charge in [-0.05, 0) is 26.0 Å². The summed E-state index contributed by atoms with van der Waals surface area (Å²) in [6.45, 7) is 4.33. The van der Waals surface area contributed by atoms with Crippen LogP contribution in [0.25, 0.3) is 0 Å². The first-order valence-corrected chi connectivity index (χ1v) is 6.05. The minimum atomic E-state index is -0.506. The molecule has 1 rings (SSSR count). The van der Waals surface area contributed by atoms with E-state index in [-0.39, 0.29) is 17.6 Å². The summed E-state index contributed by atoms with van der Waals surface area (Å²) in [7, 11) is 3.04. The van der Waals surface area contributed by atoms with Crippen LogP contribution in [0.15, 0.2) is 18.3 Å². The Hall–Kier alpha value is -2.11. The van der Waals surface area contributed by atoms with Crippen LogP contribution < -0.4 is 5.32 Å². The number of rotatable bonds is 5.